The van der Waals surface area contributed by atoms with E-state index >= 15 is 0 Å². The van der Waals surface area contributed by atoms with Gasteiger partial charge in [0.15, 0.2) is 5.78 Å². The van der Waals surface area contributed by atoms with Crippen molar-refractivity contribution in [2.45, 2.75) is 30.1 Å². The quantitative estimate of drug-likeness (QED) is 0.609. The number of ketones is 2. The molecule has 12 heavy (non-hydrogen) atoms. The highest BCUT2D eigenvalue weighted by Crippen LogP contribution is 2.43. The molecule has 0 N–H and O–H groups in total. The largest absolute Gasteiger partial charge is 0.298 e. The summed E-state index contributed by atoms with van der Waals surface area (Å²) in [5.74, 6) is 0.528. The third kappa shape index (κ3) is 2.26. The third-order valence-electron chi connectivity index (χ3n) is 1.63. The average Bonchev–Trinajstić information content (AvgIpc) is 1.94. The minimum atomic E-state index is -0.416. The van der Waals surface area contributed by atoms with Gasteiger partial charge < -0.3 is 0 Å². The lowest BCUT2D eigenvalue weighted by molar-refractivity contribution is -0.123. The summed E-state index contributed by atoms with van der Waals surface area (Å²) in [5.41, 5.74) is 0. The smallest absolute Gasteiger partial charge is 0.163 e. The monoisotopic (exact) mass is 204 g/mol. The summed E-state index contributed by atoms with van der Waals surface area (Å²) in [6.07, 6.45) is 0. The van der Waals surface area contributed by atoms with E-state index in [0.717, 1.165) is 0 Å². The van der Waals surface area contributed by atoms with Gasteiger partial charge in [-0.05, 0) is 20.8 Å². The van der Waals surface area contributed by atoms with Crippen LogP contribution in [0.2, 0.25) is 0 Å². The van der Waals surface area contributed by atoms with Crippen LogP contribution in [0, 0.1) is 0 Å². The Labute approximate surface area is 80.9 Å². The van der Waals surface area contributed by atoms with E-state index in [1.165, 1.54) is 18.7 Å². The fourth-order valence-electron chi connectivity index (χ4n) is 1.01. The molecule has 1 heterocycles. The molecule has 1 atom stereocenters. The van der Waals surface area contributed by atoms with Gasteiger partial charge in [0, 0.05) is 0 Å². The highest BCUT2D eigenvalue weighted by Gasteiger charge is 2.37. The van der Waals surface area contributed by atoms with Gasteiger partial charge in [0.2, 0.25) is 0 Å². The van der Waals surface area contributed by atoms with Crippen molar-refractivity contribution in [1.82, 2.24) is 0 Å². The Hall–Kier alpha value is 0.0400. The van der Waals surface area contributed by atoms with Crippen molar-refractivity contribution in [2.24, 2.45) is 0 Å². The van der Waals surface area contributed by atoms with Crippen LogP contribution in [0.25, 0.3) is 0 Å². The first kappa shape index (κ1) is 10.1. The van der Waals surface area contributed by atoms with Gasteiger partial charge >= 0.3 is 0 Å². The van der Waals surface area contributed by atoms with E-state index in [9.17, 15) is 9.59 Å². The number of hydrogen-bond acceptors (Lipinski definition) is 4. The van der Waals surface area contributed by atoms with Gasteiger partial charge in [-0.15, -0.1) is 23.5 Å². The zero-order chi connectivity index (χ0) is 9.35. The van der Waals surface area contributed by atoms with Gasteiger partial charge in [0.1, 0.15) is 11.0 Å². The molecule has 1 aliphatic heterocycles. The number of carbonyl (C=O) groups excluding carboxylic acids is 2. The molecule has 0 aromatic heterocycles. The molecule has 0 radical (unpaired) electrons. The Morgan fingerprint density at radius 1 is 1.58 bits per heavy atom. The van der Waals surface area contributed by atoms with Crippen molar-refractivity contribution in [3.05, 3.63) is 0 Å². The van der Waals surface area contributed by atoms with E-state index in [2.05, 4.69) is 0 Å². The molecule has 4 heteroatoms. The van der Waals surface area contributed by atoms with Crippen LogP contribution in [0.3, 0.4) is 0 Å². The number of rotatable bonds is 1. The summed E-state index contributed by atoms with van der Waals surface area (Å²) < 4.78 is 0.00421. The molecule has 2 nitrogen and oxygen atoms in total. The summed E-state index contributed by atoms with van der Waals surface area (Å²) in [6.45, 7) is 5.58. The van der Waals surface area contributed by atoms with E-state index in [1.54, 1.807) is 11.8 Å². The first-order chi connectivity index (χ1) is 5.42. The van der Waals surface area contributed by atoms with Crippen LogP contribution < -0.4 is 0 Å². The Kier molecular flexibility index (Phi) is 2.88. The van der Waals surface area contributed by atoms with Crippen LogP contribution >= 0.6 is 23.5 Å². The second-order valence-electron chi connectivity index (χ2n) is 3.26. The number of Topliss-reactive ketones (excluding diaryl/α,β-unsaturated/α-hetero) is 2. The van der Waals surface area contributed by atoms with Crippen LogP contribution in [0.4, 0.5) is 0 Å². The van der Waals surface area contributed by atoms with E-state index < -0.39 is 5.25 Å². The predicted molar refractivity (Wildman–Crippen MR) is 53.6 cm³/mol. The fraction of sp³-hybridized carbons (Fsp3) is 0.750. The molecule has 1 fully saturated rings. The van der Waals surface area contributed by atoms with Gasteiger partial charge in [-0.1, -0.05) is 0 Å². The minimum Gasteiger partial charge on any atom is -0.298 e. The van der Waals surface area contributed by atoms with Gasteiger partial charge in [0.25, 0.3) is 0 Å². The van der Waals surface area contributed by atoms with Crippen LogP contribution in [0.5, 0.6) is 0 Å². The molecule has 0 spiro atoms. The maximum Gasteiger partial charge on any atom is 0.163 e. The van der Waals surface area contributed by atoms with E-state index in [-0.39, 0.29) is 15.6 Å². The van der Waals surface area contributed by atoms with Crippen molar-refractivity contribution >= 4 is 35.1 Å². The molecule has 1 saturated heterocycles. The van der Waals surface area contributed by atoms with E-state index in [4.69, 9.17) is 0 Å². The maximum atomic E-state index is 11.3. The molecule has 68 valence electrons. The molecule has 1 rings (SSSR count). The van der Waals surface area contributed by atoms with Crippen molar-refractivity contribution in [1.29, 1.82) is 0 Å². The summed E-state index contributed by atoms with van der Waals surface area (Å²) in [4.78, 5) is 22.3. The summed E-state index contributed by atoms with van der Waals surface area (Å²) in [6, 6.07) is 0. The van der Waals surface area contributed by atoms with E-state index in [1.807, 2.05) is 13.8 Å². The van der Waals surface area contributed by atoms with Crippen molar-refractivity contribution in [3.63, 3.8) is 0 Å². The number of thioether (sulfide) groups is 2. The Morgan fingerprint density at radius 2 is 2.17 bits per heavy atom. The van der Waals surface area contributed by atoms with Gasteiger partial charge in [-0.25, -0.2) is 0 Å². The molecule has 0 aliphatic carbocycles. The zero-order valence-electron chi connectivity index (χ0n) is 7.42. The molecule has 0 aromatic carbocycles. The highest BCUT2D eigenvalue weighted by molar-refractivity contribution is 8.20. The maximum absolute atomic E-state index is 11.3. The first-order valence-electron chi connectivity index (χ1n) is 3.77. The van der Waals surface area contributed by atoms with Crippen LogP contribution in [-0.4, -0.2) is 26.6 Å². The molecule has 0 bridgehead atoms. The zero-order valence-corrected chi connectivity index (χ0v) is 9.05. The first-order valence-corrected chi connectivity index (χ1v) is 5.64. The Balaban J connectivity index is 2.72. The summed E-state index contributed by atoms with van der Waals surface area (Å²) >= 11 is 3.08. The molecule has 0 amide bonds. The molecule has 1 aliphatic rings. The average molecular weight is 204 g/mol. The SMILES string of the molecule is CC(=O)C1SC(C)(C)SCC1=O. The minimum absolute atomic E-state index is 0.00421. The standard InChI is InChI=1S/C8H12O2S2/c1-5(9)7-6(10)4-11-8(2,3)12-7/h7H,4H2,1-3H3. The Morgan fingerprint density at radius 3 is 2.58 bits per heavy atom. The van der Waals surface area contributed by atoms with Crippen LogP contribution in [0.15, 0.2) is 0 Å². The second kappa shape index (κ2) is 3.42. The van der Waals surface area contributed by atoms with E-state index in [0.29, 0.717) is 5.75 Å². The fourth-order valence-corrected chi connectivity index (χ4v) is 3.46. The normalized spacial score (nSPS) is 28.6. The molecule has 1 unspecified atom stereocenters. The lowest BCUT2D eigenvalue weighted by Gasteiger charge is -2.31. The summed E-state index contributed by atoms with van der Waals surface area (Å²) in [5, 5.41) is -0.416. The van der Waals surface area contributed by atoms with Crippen molar-refractivity contribution < 1.29 is 9.59 Å². The van der Waals surface area contributed by atoms with Gasteiger partial charge in [-0.3, -0.25) is 9.59 Å². The lowest BCUT2D eigenvalue weighted by atomic mass is 10.2. The molecular formula is C8H12O2S2. The Bertz CT molecular complexity index is 223. The van der Waals surface area contributed by atoms with Crippen LogP contribution in [-0.2, 0) is 9.59 Å². The highest BCUT2D eigenvalue weighted by atomic mass is 32.2. The number of hydrogen-bond donors (Lipinski definition) is 0. The van der Waals surface area contributed by atoms with Crippen LogP contribution in [0.1, 0.15) is 20.8 Å². The summed E-state index contributed by atoms with van der Waals surface area (Å²) in [7, 11) is 0. The van der Waals surface area contributed by atoms with Crippen molar-refractivity contribution in [3.8, 4) is 0 Å². The molecule has 0 aromatic rings. The topological polar surface area (TPSA) is 34.1 Å². The lowest BCUT2D eigenvalue weighted by Crippen LogP contribution is -2.36. The second-order valence-corrected chi connectivity index (χ2v) is 6.85. The predicted octanol–water partition coefficient (Wildman–Crippen LogP) is 1.73. The van der Waals surface area contributed by atoms with Crippen molar-refractivity contribution in [2.75, 3.05) is 5.75 Å². The molecular weight excluding hydrogens is 192 g/mol. The van der Waals surface area contributed by atoms with Gasteiger partial charge in [-0.2, -0.15) is 0 Å². The molecule has 0 saturated carbocycles. The third-order valence-corrected chi connectivity index (χ3v) is 4.79. The van der Waals surface area contributed by atoms with Gasteiger partial charge in [0.05, 0.1) is 9.83 Å². The number of carbonyl (C=O) groups is 2.